The van der Waals surface area contributed by atoms with Crippen molar-refractivity contribution in [3.05, 3.63) is 0 Å². The van der Waals surface area contributed by atoms with Crippen LogP contribution < -0.4 is 0 Å². The van der Waals surface area contributed by atoms with Gasteiger partial charge < -0.3 is 4.90 Å². The molecule has 138 valence electrons. The zero-order chi connectivity index (χ0) is 18.0. The Morgan fingerprint density at radius 2 is 1.83 bits per heavy atom. The quantitative estimate of drug-likeness (QED) is 0.595. The lowest BCUT2D eigenvalue weighted by atomic mass is 9.69. The average molecular weight is 335 g/mol. The third-order valence-electron chi connectivity index (χ3n) is 5.94. The van der Waals surface area contributed by atoms with E-state index in [9.17, 15) is 4.79 Å². The predicted octanol–water partition coefficient (Wildman–Crippen LogP) is 5.44. The number of unbranched alkanes of at least 4 members (excludes halogenated alkanes) is 2. The Kier molecular flexibility index (Phi) is 6.14. The fourth-order valence-electron chi connectivity index (χ4n) is 4.38. The van der Waals surface area contributed by atoms with Gasteiger partial charge in [0.15, 0.2) is 0 Å². The van der Waals surface area contributed by atoms with Crippen LogP contribution in [0.4, 0.5) is 0 Å². The molecule has 3 heteroatoms. The second kappa shape index (κ2) is 7.58. The minimum absolute atomic E-state index is 0.212. The molecule has 0 aromatic heterocycles. The minimum atomic E-state index is -0.212. The van der Waals surface area contributed by atoms with E-state index in [-0.39, 0.29) is 11.6 Å². The van der Waals surface area contributed by atoms with Crippen molar-refractivity contribution in [1.82, 2.24) is 4.90 Å². The molecule has 1 aliphatic heterocycles. The Hall–Kier alpha value is -0.860. The Bertz CT molecular complexity index is 465. The van der Waals surface area contributed by atoms with Gasteiger partial charge in [-0.2, -0.15) is 0 Å². The molecule has 0 atom stereocenters. The van der Waals surface area contributed by atoms with Crippen LogP contribution in [0.2, 0.25) is 0 Å². The van der Waals surface area contributed by atoms with Gasteiger partial charge >= 0.3 is 0 Å². The number of amides is 1. The number of aliphatic imine (C=N–C) groups is 1. The fraction of sp³-hybridized carbons (Fsp3) is 0.905. The normalized spacial score (nSPS) is 28.1. The molecular formula is C21H38N2O. The number of carbonyl (C=O) groups excluding carboxylic acids is 1. The van der Waals surface area contributed by atoms with Crippen LogP contribution in [0.15, 0.2) is 4.99 Å². The summed E-state index contributed by atoms with van der Waals surface area (Å²) in [6.45, 7) is 14.5. The highest BCUT2D eigenvalue weighted by molar-refractivity contribution is 6.40. The van der Waals surface area contributed by atoms with Crippen molar-refractivity contribution >= 4 is 11.6 Å². The van der Waals surface area contributed by atoms with E-state index in [0.29, 0.717) is 11.3 Å². The number of rotatable bonds is 6. The minimum Gasteiger partial charge on any atom is -0.313 e. The highest BCUT2D eigenvalue weighted by Gasteiger charge is 2.49. The van der Waals surface area contributed by atoms with Crippen molar-refractivity contribution in [2.75, 3.05) is 6.54 Å². The fourth-order valence-corrected chi connectivity index (χ4v) is 4.38. The predicted molar refractivity (Wildman–Crippen MR) is 102 cm³/mol. The van der Waals surface area contributed by atoms with Crippen LogP contribution in [0.5, 0.6) is 0 Å². The number of hydrogen-bond acceptors (Lipinski definition) is 2. The summed E-state index contributed by atoms with van der Waals surface area (Å²) in [6.07, 6.45) is 8.82. The summed E-state index contributed by atoms with van der Waals surface area (Å²) in [5, 5.41) is 0. The molecule has 0 bridgehead atoms. The van der Waals surface area contributed by atoms with Gasteiger partial charge in [-0.15, -0.1) is 0 Å². The maximum Gasteiger partial charge on any atom is 0.269 e. The molecule has 0 aromatic rings. The highest BCUT2D eigenvalue weighted by Crippen LogP contribution is 2.46. The van der Waals surface area contributed by atoms with Crippen molar-refractivity contribution in [3.63, 3.8) is 0 Å². The summed E-state index contributed by atoms with van der Waals surface area (Å²) in [5.41, 5.74) is 0.995. The lowest BCUT2D eigenvalue weighted by molar-refractivity contribution is -0.129. The molecule has 0 radical (unpaired) electrons. The Labute approximate surface area is 149 Å². The van der Waals surface area contributed by atoms with Crippen LogP contribution in [-0.4, -0.2) is 28.7 Å². The second-order valence-corrected chi connectivity index (χ2v) is 9.44. The van der Waals surface area contributed by atoms with Gasteiger partial charge in [0.25, 0.3) is 5.91 Å². The maximum absolute atomic E-state index is 13.0. The largest absolute Gasteiger partial charge is 0.313 e. The molecule has 1 heterocycles. The molecule has 1 fully saturated rings. The summed E-state index contributed by atoms with van der Waals surface area (Å²) in [5.74, 6) is 1.47. The van der Waals surface area contributed by atoms with Gasteiger partial charge in [-0.3, -0.25) is 9.79 Å². The van der Waals surface area contributed by atoms with Gasteiger partial charge in [0.2, 0.25) is 0 Å². The van der Waals surface area contributed by atoms with E-state index in [2.05, 4.69) is 46.4 Å². The van der Waals surface area contributed by atoms with Crippen molar-refractivity contribution in [3.8, 4) is 0 Å². The van der Waals surface area contributed by atoms with Gasteiger partial charge in [0, 0.05) is 6.54 Å². The molecule has 0 unspecified atom stereocenters. The van der Waals surface area contributed by atoms with Crippen LogP contribution in [-0.2, 0) is 4.79 Å². The van der Waals surface area contributed by atoms with Crippen molar-refractivity contribution in [1.29, 1.82) is 0 Å². The molecule has 0 N–H and O–H groups in total. The smallest absolute Gasteiger partial charge is 0.269 e. The molecule has 2 aliphatic rings. The zero-order valence-electron chi connectivity index (χ0n) is 16.8. The van der Waals surface area contributed by atoms with Crippen LogP contribution >= 0.6 is 0 Å². The Morgan fingerprint density at radius 3 is 2.33 bits per heavy atom. The van der Waals surface area contributed by atoms with Gasteiger partial charge in [0.05, 0.1) is 0 Å². The van der Waals surface area contributed by atoms with Crippen LogP contribution in [0.1, 0.15) is 92.9 Å². The molecule has 1 spiro atoms. The Morgan fingerprint density at radius 1 is 1.21 bits per heavy atom. The molecule has 2 rings (SSSR count). The van der Waals surface area contributed by atoms with Crippen molar-refractivity contribution < 1.29 is 4.79 Å². The monoisotopic (exact) mass is 334 g/mol. The van der Waals surface area contributed by atoms with Crippen LogP contribution in [0, 0.1) is 17.3 Å². The number of carbonyl (C=O) groups is 1. The first kappa shape index (κ1) is 19.5. The van der Waals surface area contributed by atoms with E-state index in [1.807, 2.05) is 0 Å². The molecule has 0 saturated heterocycles. The van der Waals surface area contributed by atoms with Gasteiger partial charge in [-0.25, -0.2) is 0 Å². The first-order valence-electron chi connectivity index (χ1n) is 10.1. The molecule has 1 amide bonds. The van der Waals surface area contributed by atoms with Gasteiger partial charge in [-0.1, -0.05) is 54.4 Å². The standard InChI is InChI=1S/C21H38N2O/c1-7-8-9-14-23-19(24)18(15-16(2)3)22-21(23)12-10-17(11-13-21)20(4,5)6/h16-17H,7-15H2,1-6H3. The maximum atomic E-state index is 13.0. The average Bonchev–Trinajstić information content (AvgIpc) is 2.71. The van der Waals surface area contributed by atoms with Gasteiger partial charge in [0.1, 0.15) is 11.4 Å². The van der Waals surface area contributed by atoms with E-state index in [0.717, 1.165) is 43.9 Å². The van der Waals surface area contributed by atoms with E-state index < -0.39 is 0 Å². The molecule has 1 saturated carbocycles. The topological polar surface area (TPSA) is 32.7 Å². The summed E-state index contributed by atoms with van der Waals surface area (Å²) in [6, 6.07) is 0. The molecule has 1 aliphatic carbocycles. The summed E-state index contributed by atoms with van der Waals surface area (Å²) < 4.78 is 0. The lowest BCUT2D eigenvalue weighted by Crippen LogP contribution is -2.50. The van der Waals surface area contributed by atoms with Crippen LogP contribution in [0.3, 0.4) is 0 Å². The lowest BCUT2D eigenvalue weighted by Gasteiger charge is -2.45. The molecular weight excluding hydrogens is 296 g/mol. The second-order valence-electron chi connectivity index (χ2n) is 9.44. The van der Waals surface area contributed by atoms with Crippen molar-refractivity contribution in [2.45, 2.75) is 98.6 Å². The SMILES string of the molecule is CCCCCN1C(=O)C(CC(C)C)=NC12CCC(C(C)(C)C)CC2. The number of hydrogen-bond donors (Lipinski definition) is 0. The summed E-state index contributed by atoms with van der Waals surface area (Å²) >= 11 is 0. The Balaban J connectivity index is 2.16. The number of nitrogens with zero attached hydrogens (tertiary/aromatic N) is 2. The van der Waals surface area contributed by atoms with E-state index in [1.165, 1.54) is 25.7 Å². The summed E-state index contributed by atoms with van der Waals surface area (Å²) in [4.78, 5) is 20.2. The van der Waals surface area contributed by atoms with Gasteiger partial charge in [-0.05, 0) is 55.8 Å². The van der Waals surface area contributed by atoms with E-state index in [4.69, 9.17) is 4.99 Å². The van der Waals surface area contributed by atoms with Crippen molar-refractivity contribution in [2.24, 2.45) is 22.2 Å². The zero-order valence-corrected chi connectivity index (χ0v) is 16.8. The molecule has 24 heavy (non-hydrogen) atoms. The first-order valence-corrected chi connectivity index (χ1v) is 10.1. The highest BCUT2D eigenvalue weighted by atomic mass is 16.2. The third kappa shape index (κ3) is 4.21. The van der Waals surface area contributed by atoms with Crippen LogP contribution in [0.25, 0.3) is 0 Å². The molecule has 0 aromatic carbocycles. The van der Waals surface area contributed by atoms with E-state index >= 15 is 0 Å². The third-order valence-corrected chi connectivity index (χ3v) is 5.94. The summed E-state index contributed by atoms with van der Waals surface area (Å²) in [7, 11) is 0. The first-order chi connectivity index (χ1) is 11.2. The van der Waals surface area contributed by atoms with E-state index in [1.54, 1.807) is 0 Å². The molecule has 3 nitrogen and oxygen atoms in total.